The third-order valence-electron chi connectivity index (χ3n) is 4.22. The third kappa shape index (κ3) is 4.55. The van der Waals surface area contributed by atoms with Crippen molar-refractivity contribution >= 4 is 15.9 Å². The first-order chi connectivity index (χ1) is 12.3. The van der Waals surface area contributed by atoms with Crippen molar-refractivity contribution in [1.29, 1.82) is 0 Å². The summed E-state index contributed by atoms with van der Waals surface area (Å²) in [4.78, 5) is 2.11. The molecule has 0 saturated carbocycles. The molecule has 0 aliphatic carbocycles. The molecule has 140 valence electrons. The van der Waals surface area contributed by atoms with E-state index in [9.17, 15) is 17.6 Å². The molecule has 1 aliphatic heterocycles. The zero-order chi connectivity index (χ0) is 18.7. The van der Waals surface area contributed by atoms with Crippen LogP contribution in [0, 0.1) is 5.82 Å². The van der Waals surface area contributed by atoms with Crippen molar-refractivity contribution in [2.24, 2.45) is 0 Å². The van der Waals surface area contributed by atoms with Crippen LogP contribution in [0.25, 0.3) is 0 Å². The van der Waals surface area contributed by atoms with E-state index in [0.29, 0.717) is 28.7 Å². The Kier molecular flexibility index (Phi) is 5.84. The van der Waals surface area contributed by atoms with Crippen LogP contribution in [-0.2, 0) is 0 Å². The van der Waals surface area contributed by atoms with Gasteiger partial charge in [-0.15, -0.1) is 13.2 Å². The van der Waals surface area contributed by atoms with Crippen molar-refractivity contribution in [3.05, 3.63) is 63.9 Å². The maximum Gasteiger partial charge on any atom is 0.573 e. The first kappa shape index (κ1) is 19.1. The molecule has 1 heterocycles. The molecular formula is C18H17BrF4N2O. The smallest absolute Gasteiger partial charge is 0.406 e. The lowest BCUT2D eigenvalue weighted by Crippen LogP contribution is -2.45. The molecule has 1 aliphatic rings. The van der Waals surface area contributed by atoms with Gasteiger partial charge in [-0.3, -0.25) is 4.90 Å². The number of nitrogens with one attached hydrogen (secondary N) is 1. The zero-order valence-electron chi connectivity index (χ0n) is 13.7. The first-order valence-corrected chi connectivity index (χ1v) is 8.89. The average Bonchev–Trinajstić information content (AvgIpc) is 2.59. The normalized spacial score (nSPS) is 17.1. The molecule has 3 nitrogen and oxygen atoms in total. The Balaban J connectivity index is 1.98. The van der Waals surface area contributed by atoms with Crippen LogP contribution in [-0.4, -0.2) is 37.4 Å². The monoisotopic (exact) mass is 432 g/mol. The van der Waals surface area contributed by atoms with E-state index >= 15 is 0 Å². The van der Waals surface area contributed by atoms with Gasteiger partial charge in [0.2, 0.25) is 0 Å². The van der Waals surface area contributed by atoms with Gasteiger partial charge in [0.05, 0.1) is 6.04 Å². The fourth-order valence-corrected chi connectivity index (χ4v) is 3.68. The number of benzene rings is 2. The largest absolute Gasteiger partial charge is 0.573 e. The van der Waals surface area contributed by atoms with Gasteiger partial charge in [0.1, 0.15) is 11.6 Å². The van der Waals surface area contributed by atoms with E-state index in [4.69, 9.17) is 0 Å². The summed E-state index contributed by atoms with van der Waals surface area (Å²) in [5.41, 5.74) is 1.17. The van der Waals surface area contributed by atoms with E-state index < -0.39 is 12.4 Å². The third-order valence-corrected chi connectivity index (χ3v) is 4.91. The summed E-state index contributed by atoms with van der Waals surface area (Å²) in [6.07, 6.45) is -4.74. The quantitative estimate of drug-likeness (QED) is 0.720. The number of halogens is 5. The Morgan fingerprint density at radius 1 is 1.04 bits per heavy atom. The van der Waals surface area contributed by atoms with Crippen LogP contribution in [0.4, 0.5) is 17.6 Å². The van der Waals surface area contributed by atoms with Crippen molar-refractivity contribution in [3.8, 4) is 5.75 Å². The highest BCUT2D eigenvalue weighted by atomic mass is 79.9. The Bertz CT molecular complexity index is 726. The molecule has 2 aromatic carbocycles. The summed E-state index contributed by atoms with van der Waals surface area (Å²) in [5, 5.41) is 3.24. The van der Waals surface area contributed by atoms with Gasteiger partial charge in [-0.05, 0) is 29.8 Å². The molecule has 1 atom stereocenters. The number of piperazine rings is 1. The molecule has 0 radical (unpaired) electrons. The lowest BCUT2D eigenvalue weighted by atomic mass is 9.96. The standard InChI is InChI=1S/C18H17BrF4N2O/c19-14-2-1-3-15(20)16(14)17(25-10-8-24-9-11-25)12-4-6-13(7-5-12)26-18(21,22)23/h1-7,17,24H,8-11H2/t17-/m1/s1. The van der Waals surface area contributed by atoms with Crippen LogP contribution in [0.3, 0.4) is 0 Å². The van der Waals surface area contributed by atoms with E-state index in [2.05, 4.69) is 30.9 Å². The minimum Gasteiger partial charge on any atom is -0.406 e. The van der Waals surface area contributed by atoms with Gasteiger partial charge in [0, 0.05) is 36.2 Å². The summed E-state index contributed by atoms with van der Waals surface area (Å²) in [6, 6.07) is 9.95. The van der Waals surface area contributed by atoms with Gasteiger partial charge in [0.15, 0.2) is 0 Å². The molecule has 0 unspecified atom stereocenters. The number of alkyl halides is 3. The van der Waals surface area contributed by atoms with Crippen molar-refractivity contribution in [1.82, 2.24) is 10.2 Å². The van der Waals surface area contributed by atoms with Crippen LogP contribution < -0.4 is 10.1 Å². The Morgan fingerprint density at radius 2 is 1.69 bits per heavy atom. The predicted octanol–water partition coefficient (Wildman–Crippen LogP) is 4.48. The molecule has 1 saturated heterocycles. The fraction of sp³-hybridized carbons (Fsp3) is 0.333. The second-order valence-corrected chi connectivity index (χ2v) is 6.80. The summed E-state index contributed by atoms with van der Waals surface area (Å²) < 4.78 is 56.3. The van der Waals surface area contributed by atoms with Crippen molar-refractivity contribution < 1.29 is 22.3 Å². The fourth-order valence-electron chi connectivity index (χ4n) is 3.12. The molecule has 0 aromatic heterocycles. The minimum absolute atomic E-state index is 0.298. The number of hydrogen-bond donors (Lipinski definition) is 1. The number of nitrogens with zero attached hydrogens (tertiary/aromatic N) is 1. The highest BCUT2D eigenvalue weighted by Gasteiger charge is 2.32. The number of ether oxygens (including phenoxy) is 1. The second-order valence-electron chi connectivity index (χ2n) is 5.94. The predicted molar refractivity (Wildman–Crippen MR) is 93.5 cm³/mol. The van der Waals surface area contributed by atoms with Crippen LogP contribution in [0.5, 0.6) is 5.75 Å². The number of rotatable bonds is 4. The SMILES string of the molecule is Fc1cccc(Br)c1[C@@H](c1ccc(OC(F)(F)F)cc1)N1CCNCC1. The lowest BCUT2D eigenvalue weighted by molar-refractivity contribution is -0.274. The lowest BCUT2D eigenvalue weighted by Gasteiger charge is -2.36. The number of hydrogen-bond acceptors (Lipinski definition) is 3. The van der Waals surface area contributed by atoms with E-state index in [1.54, 1.807) is 24.3 Å². The molecule has 0 amide bonds. The summed E-state index contributed by atoms with van der Waals surface area (Å²) in [7, 11) is 0. The molecule has 2 aromatic rings. The van der Waals surface area contributed by atoms with E-state index in [0.717, 1.165) is 13.1 Å². The van der Waals surface area contributed by atoms with E-state index in [-0.39, 0.29) is 11.6 Å². The van der Waals surface area contributed by atoms with Gasteiger partial charge in [0.25, 0.3) is 0 Å². The highest BCUT2D eigenvalue weighted by Crippen LogP contribution is 2.36. The van der Waals surface area contributed by atoms with Gasteiger partial charge in [-0.25, -0.2) is 4.39 Å². The summed E-state index contributed by atoms with van der Waals surface area (Å²) in [5.74, 6) is -0.661. The first-order valence-electron chi connectivity index (χ1n) is 8.09. The molecular weight excluding hydrogens is 416 g/mol. The van der Waals surface area contributed by atoms with Crippen molar-refractivity contribution in [2.45, 2.75) is 12.4 Å². The van der Waals surface area contributed by atoms with Gasteiger partial charge >= 0.3 is 6.36 Å². The molecule has 0 bridgehead atoms. The van der Waals surface area contributed by atoms with E-state index in [1.807, 2.05) is 0 Å². The molecule has 1 N–H and O–H groups in total. The molecule has 0 spiro atoms. The topological polar surface area (TPSA) is 24.5 Å². The van der Waals surface area contributed by atoms with Crippen LogP contribution in [0.2, 0.25) is 0 Å². The minimum atomic E-state index is -4.74. The highest BCUT2D eigenvalue weighted by molar-refractivity contribution is 9.10. The second kappa shape index (κ2) is 7.94. The van der Waals surface area contributed by atoms with Crippen LogP contribution in [0.1, 0.15) is 17.2 Å². The Morgan fingerprint density at radius 3 is 2.27 bits per heavy atom. The van der Waals surface area contributed by atoms with Crippen molar-refractivity contribution in [2.75, 3.05) is 26.2 Å². The van der Waals surface area contributed by atoms with Gasteiger partial charge in [-0.2, -0.15) is 0 Å². The van der Waals surface area contributed by atoms with Crippen LogP contribution in [0.15, 0.2) is 46.9 Å². The summed E-state index contributed by atoms with van der Waals surface area (Å²) >= 11 is 3.41. The van der Waals surface area contributed by atoms with Gasteiger partial charge < -0.3 is 10.1 Å². The Labute approximate surface area is 157 Å². The van der Waals surface area contributed by atoms with Gasteiger partial charge in [-0.1, -0.05) is 34.1 Å². The maximum absolute atomic E-state index is 14.6. The zero-order valence-corrected chi connectivity index (χ0v) is 15.3. The maximum atomic E-state index is 14.6. The Hall–Kier alpha value is -1.64. The average molecular weight is 433 g/mol. The molecule has 1 fully saturated rings. The summed E-state index contributed by atoms with van der Waals surface area (Å²) in [6.45, 7) is 2.92. The van der Waals surface area contributed by atoms with Crippen molar-refractivity contribution in [3.63, 3.8) is 0 Å². The van der Waals surface area contributed by atoms with E-state index in [1.165, 1.54) is 18.2 Å². The molecule has 8 heteroatoms. The molecule has 3 rings (SSSR count). The van der Waals surface area contributed by atoms with Crippen LogP contribution >= 0.6 is 15.9 Å². The molecule has 26 heavy (non-hydrogen) atoms.